The number of rotatable bonds is 2. The molecule has 0 bridgehead atoms. The van der Waals surface area contributed by atoms with E-state index in [2.05, 4.69) is 27.1 Å². The van der Waals surface area contributed by atoms with E-state index < -0.39 is 0 Å². The number of aromatic nitrogens is 2. The van der Waals surface area contributed by atoms with Gasteiger partial charge >= 0.3 is 0 Å². The van der Waals surface area contributed by atoms with Crippen LogP contribution in [-0.4, -0.2) is 40.5 Å². The maximum absolute atomic E-state index is 4.44. The Hall–Kier alpha value is -1.00. The maximum Gasteiger partial charge on any atom is 0.125 e. The van der Waals surface area contributed by atoms with E-state index in [0.717, 1.165) is 37.7 Å². The topological polar surface area (TPSA) is 41.1 Å². The van der Waals surface area contributed by atoms with E-state index in [1.807, 2.05) is 19.2 Å². The molecule has 0 aromatic carbocycles. The predicted octanol–water partition coefficient (Wildman–Crippen LogP) is 0.969. The number of aryl methyl sites for hydroxylation is 1. The fourth-order valence-corrected chi connectivity index (χ4v) is 2.04. The van der Waals surface area contributed by atoms with Crippen LogP contribution in [0.5, 0.6) is 0 Å². The van der Waals surface area contributed by atoms with Crippen molar-refractivity contribution in [2.45, 2.75) is 32.9 Å². The third kappa shape index (κ3) is 3.25. The first-order valence-corrected chi connectivity index (χ1v) is 5.98. The first-order valence-electron chi connectivity index (χ1n) is 5.98. The van der Waals surface area contributed by atoms with Crippen LogP contribution >= 0.6 is 0 Å². The smallest absolute Gasteiger partial charge is 0.125 e. The van der Waals surface area contributed by atoms with E-state index in [1.54, 1.807) is 0 Å². The van der Waals surface area contributed by atoms with Gasteiger partial charge in [-0.15, -0.1) is 0 Å². The highest BCUT2D eigenvalue weighted by Crippen LogP contribution is 2.06. The standard InChI is InChI=1S/C12H20N4/c1-10-4-7-16(8-6-13-10)9-12-3-5-14-11(2)15-12/h3,5,10,13H,4,6-9H2,1-2H3. The Labute approximate surface area is 97.1 Å². The highest BCUT2D eigenvalue weighted by molar-refractivity contribution is 5.01. The van der Waals surface area contributed by atoms with Gasteiger partial charge in [-0.2, -0.15) is 0 Å². The molecular weight excluding hydrogens is 200 g/mol. The Morgan fingerprint density at radius 3 is 3.19 bits per heavy atom. The summed E-state index contributed by atoms with van der Waals surface area (Å²) < 4.78 is 0. The molecule has 4 heteroatoms. The minimum absolute atomic E-state index is 0.636. The Kier molecular flexibility index (Phi) is 3.85. The third-order valence-electron chi connectivity index (χ3n) is 3.02. The molecule has 2 heterocycles. The molecule has 1 unspecified atom stereocenters. The lowest BCUT2D eigenvalue weighted by atomic mass is 10.2. The van der Waals surface area contributed by atoms with Gasteiger partial charge in [0.25, 0.3) is 0 Å². The monoisotopic (exact) mass is 220 g/mol. The van der Waals surface area contributed by atoms with Gasteiger partial charge in [-0.25, -0.2) is 9.97 Å². The first-order chi connectivity index (χ1) is 7.74. The van der Waals surface area contributed by atoms with Crippen molar-refractivity contribution in [3.05, 3.63) is 23.8 Å². The Morgan fingerprint density at radius 1 is 1.50 bits per heavy atom. The fraction of sp³-hybridized carbons (Fsp3) is 0.667. The van der Waals surface area contributed by atoms with Gasteiger partial charge in [0, 0.05) is 38.4 Å². The molecule has 1 atom stereocenters. The Balaban J connectivity index is 1.93. The quantitative estimate of drug-likeness (QED) is 0.806. The lowest BCUT2D eigenvalue weighted by Crippen LogP contribution is -2.29. The number of nitrogens with one attached hydrogen (secondary N) is 1. The van der Waals surface area contributed by atoms with Crippen LogP contribution in [0.15, 0.2) is 12.3 Å². The van der Waals surface area contributed by atoms with Gasteiger partial charge in [-0.05, 0) is 26.3 Å². The van der Waals surface area contributed by atoms with Crippen molar-refractivity contribution in [2.75, 3.05) is 19.6 Å². The molecule has 1 aromatic rings. The number of hydrogen-bond acceptors (Lipinski definition) is 4. The Bertz CT molecular complexity index is 340. The van der Waals surface area contributed by atoms with E-state index in [1.165, 1.54) is 6.42 Å². The summed E-state index contributed by atoms with van der Waals surface area (Å²) in [4.78, 5) is 11.0. The zero-order chi connectivity index (χ0) is 11.4. The fourth-order valence-electron chi connectivity index (χ4n) is 2.04. The van der Waals surface area contributed by atoms with Crippen LogP contribution in [0.2, 0.25) is 0 Å². The van der Waals surface area contributed by atoms with E-state index >= 15 is 0 Å². The van der Waals surface area contributed by atoms with E-state index in [4.69, 9.17) is 0 Å². The number of nitrogens with zero attached hydrogens (tertiary/aromatic N) is 3. The van der Waals surface area contributed by atoms with Crippen LogP contribution in [0, 0.1) is 6.92 Å². The summed E-state index contributed by atoms with van der Waals surface area (Å²) in [6.07, 6.45) is 3.06. The van der Waals surface area contributed by atoms with Gasteiger partial charge in [0.1, 0.15) is 5.82 Å². The molecule has 1 aliphatic rings. The third-order valence-corrected chi connectivity index (χ3v) is 3.02. The normalized spacial score (nSPS) is 23.0. The van der Waals surface area contributed by atoms with Crippen LogP contribution in [0.1, 0.15) is 24.9 Å². The van der Waals surface area contributed by atoms with Gasteiger partial charge in [-0.1, -0.05) is 0 Å². The van der Waals surface area contributed by atoms with Crippen LogP contribution < -0.4 is 5.32 Å². The molecule has 16 heavy (non-hydrogen) atoms. The van der Waals surface area contributed by atoms with Crippen LogP contribution in [0.3, 0.4) is 0 Å². The van der Waals surface area contributed by atoms with Crippen molar-refractivity contribution in [1.82, 2.24) is 20.2 Å². The van der Waals surface area contributed by atoms with E-state index in [-0.39, 0.29) is 0 Å². The second kappa shape index (κ2) is 5.37. The largest absolute Gasteiger partial charge is 0.313 e. The molecule has 0 aliphatic carbocycles. The molecule has 0 spiro atoms. The second-order valence-electron chi connectivity index (χ2n) is 4.52. The first kappa shape index (κ1) is 11.5. The molecule has 2 rings (SSSR count). The lowest BCUT2D eigenvalue weighted by Gasteiger charge is -2.18. The van der Waals surface area contributed by atoms with Gasteiger partial charge < -0.3 is 5.32 Å². The molecule has 1 fully saturated rings. The van der Waals surface area contributed by atoms with Crippen molar-refractivity contribution < 1.29 is 0 Å². The summed E-state index contributed by atoms with van der Waals surface area (Å²) in [7, 11) is 0. The molecule has 1 saturated heterocycles. The summed E-state index contributed by atoms with van der Waals surface area (Å²) >= 11 is 0. The van der Waals surface area contributed by atoms with Crippen LogP contribution in [0.4, 0.5) is 0 Å². The highest BCUT2D eigenvalue weighted by atomic mass is 15.2. The zero-order valence-corrected chi connectivity index (χ0v) is 10.1. The molecule has 4 nitrogen and oxygen atoms in total. The van der Waals surface area contributed by atoms with Crippen LogP contribution in [0.25, 0.3) is 0 Å². The van der Waals surface area contributed by atoms with Crippen LogP contribution in [-0.2, 0) is 6.54 Å². The SMILES string of the molecule is Cc1nccc(CN2CCNC(C)CC2)n1. The Morgan fingerprint density at radius 2 is 2.38 bits per heavy atom. The lowest BCUT2D eigenvalue weighted by molar-refractivity contribution is 0.279. The summed E-state index contributed by atoms with van der Waals surface area (Å²) in [5.41, 5.74) is 1.13. The molecule has 0 saturated carbocycles. The van der Waals surface area contributed by atoms with Crippen molar-refractivity contribution in [3.8, 4) is 0 Å². The molecule has 0 amide bonds. The zero-order valence-electron chi connectivity index (χ0n) is 10.1. The molecule has 1 aromatic heterocycles. The molecule has 0 radical (unpaired) electrons. The molecule has 1 N–H and O–H groups in total. The predicted molar refractivity (Wildman–Crippen MR) is 64.1 cm³/mol. The molecule has 88 valence electrons. The van der Waals surface area contributed by atoms with Crippen molar-refractivity contribution >= 4 is 0 Å². The van der Waals surface area contributed by atoms with E-state index in [0.29, 0.717) is 6.04 Å². The average molecular weight is 220 g/mol. The van der Waals surface area contributed by atoms with Gasteiger partial charge in [0.2, 0.25) is 0 Å². The summed E-state index contributed by atoms with van der Waals surface area (Å²) in [6.45, 7) is 8.46. The minimum atomic E-state index is 0.636. The summed E-state index contributed by atoms with van der Waals surface area (Å²) in [5.74, 6) is 0.860. The summed E-state index contributed by atoms with van der Waals surface area (Å²) in [5, 5.41) is 3.50. The minimum Gasteiger partial charge on any atom is -0.313 e. The molecular formula is C12H20N4. The van der Waals surface area contributed by atoms with Crippen molar-refractivity contribution in [3.63, 3.8) is 0 Å². The van der Waals surface area contributed by atoms with Crippen molar-refractivity contribution in [2.24, 2.45) is 0 Å². The van der Waals surface area contributed by atoms with Gasteiger partial charge in [0.15, 0.2) is 0 Å². The van der Waals surface area contributed by atoms with Gasteiger partial charge in [0.05, 0.1) is 5.69 Å². The van der Waals surface area contributed by atoms with Crippen molar-refractivity contribution in [1.29, 1.82) is 0 Å². The maximum atomic E-state index is 4.44. The van der Waals surface area contributed by atoms with E-state index in [9.17, 15) is 0 Å². The highest BCUT2D eigenvalue weighted by Gasteiger charge is 2.13. The second-order valence-corrected chi connectivity index (χ2v) is 4.52. The molecule has 1 aliphatic heterocycles. The van der Waals surface area contributed by atoms with Gasteiger partial charge in [-0.3, -0.25) is 4.90 Å². The average Bonchev–Trinajstić information content (AvgIpc) is 2.44. The summed E-state index contributed by atoms with van der Waals surface area (Å²) in [6, 6.07) is 2.64. The number of hydrogen-bond donors (Lipinski definition) is 1.